The quantitative estimate of drug-likeness (QED) is 0.747. The molecule has 0 aromatic heterocycles. The number of likely N-dealkylation sites (N-methyl/N-ethyl adjacent to an activating group) is 1. The summed E-state index contributed by atoms with van der Waals surface area (Å²) in [5.74, 6) is 0.671. The molecule has 0 aromatic carbocycles. The summed E-state index contributed by atoms with van der Waals surface area (Å²) in [6.07, 6.45) is 6.51. The van der Waals surface area contributed by atoms with Crippen LogP contribution in [-0.4, -0.2) is 69.3 Å². The number of urea groups is 1. The minimum absolute atomic E-state index is 0.0481. The highest BCUT2D eigenvalue weighted by Gasteiger charge is 2.21. The fraction of sp³-hybridized carbons (Fsp3) is 0.938. The van der Waals surface area contributed by atoms with Crippen LogP contribution in [0.25, 0.3) is 0 Å². The van der Waals surface area contributed by atoms with E-state index in [0.717, 1.165) is 19.6 Å². The molecular weight excluding hydrogens is 266 g/mol. The predicted octanol–water partition coefficient (Wildman–Crippen LogP) is 2.17. The van der Waals surface area contributed by atoms with Crippen LogP contribution in [0.2, 0.25) is 0 Å². The summed E-state index contributed by atoms with van der Waals surface area (Å²) in [5.41, 5.74) is 0. The van der Waals surface area contributed by atoms with Gasteiger partial charge in [0.15, 0.2) is 0 Å². The molecule has 1 aliphatic rings. The Hall–Kier alpha value is -0.810. The van der Waals surface area contributed by atoms with Gasteiger partial charge >= 0.3 is 6.03 Å². The third-order valence-electron chi connectivity index (χ3n) is 4.09. The average molecular weight is 299 g/mol. The number of nitrogens with zero attached hydrogens (tertiary/aromatic N) is 2. The van der Waals surface area contributed by atoms with Crippen molar-refractivity contribution in [3.63, 3.8) is 0 Å². The fourth-order valence-corrected chi connectivity index (χ4v) is 2.87. The van der Waals surface area contributed by atoms with Crippen molar-refractivity contribution in [3.05, 3.63) is 0 Å². The molecule has 0 saturated heterocycles. The van der Waals surface area contributed by atoms with Crippen LogP contribution < -0.4 is 5.32 Å². The first-order valence-corrected chi connectivity index (χ1v) is 8.22. The van der Waals surface area contributed by atoms with Gasteiger partial charge in [-0.05, 0) is 39.8 Å². The average Bonchev–Trinajstić information content (AvgIpc) is 2.44. The normalized spacial score (nSPS) is 17.8. The summed E-state index contributed by atoms with van der Waals surface area (Å²) in [6, 6.07) is 0.0997. The summed E-state index contributed by atoms with van der Waals surface area (Å²) in [4.78, 5) is 16.6. The van der Waals surface area contributed by atoms with E-state index in [9.17, 15) is 4.79 Å². The second-order valence-corrected chi connectivity index (χ2v) is 6.56. The van der Waals surface area contributed by atoms with E-state index in [1.807, 2.05) is 25.9 Å². The number of carbonyl (C=O) groups is 1. The number of carbonyl (C=O) groups excluding carboxylic acids is 1. The molecular formula is C16H33N3O2. The Bertz CT molecular complexity index is 291. The highest BCUT2D eigenvalue weighted by molar-refractivity contribution is 5.74. The smallest absolute Gasteiger partial charge is 0.317 e. The third-order valence-corrected chi connectivity index (χ3v) is 4.09. The van der Waals surface area contributed by atoms with Crippen LogP contribution in [-0.2, 0) is 4.74 Å². The van der Waals surface area contributed by atoms with Crippen LogP contribution in [0, 0.1) is 5.92 Å². The zero-order valence-electron chi connectivity index (χ0n) is 14.2. The first-order valence-electron chi connectivity index (χ1n) is 8.22. The van der Waals surface area contributed by atoms with Crippen molar-refractivity contribution in [2.45, 2.75) is 45.1 Å². The Balaban J connectivity index is 2.50. The minimum atomic E-state index is 0.0481. The molecule has 2 amide bonds. The van der Waals surface area contributed by atoms with Crippen LogP contribution in [0.3, 0.4) is 0 Å². The SMILES string of the molecule is COCC(C)NC(=O)N(CCN(C)C)CC1CCCCC1. The molecule has 0 heterocycles. The molecule has 0 aromatic rings. The molecule has 1 unspecified atom stereocenters. The summed E-state index contributed by atoms with van der Waals surface area (Å²) < 4.78 is 5.09. The Morgan fingerprint density at radius 2 is 1.90 bits per heavy atom. The molecule has 21 heavy (non-hydrogen) atoms. The Kier molecular flexibility index (Phi) is 8.69. The Labute approximate surface area is 130 Å². The van der Waals surface area contributed by atoms with Crippen LogP contribution in [0.15, 0.2) is 0 Å². The van der Waals surface area contributed by atoms with Crippen molar-refractivity contribution >= 4 is 6.03 Å². The lowest BCUT2D eigenvalue weighted by atomic mass is 9.89. The van der Waals surface area contributed by atoms with Crippen LogP contribution in [0.1, 0.15) is 39.0 Å². The predicted molar refractivity (Wildman–Crippen MR) is 86.6 cm³/mol. The standard InChI is InChI=1S/C16H33N3O2/c1-14(13-21-4)17-16(20)19(11-10-18(2)3)12-15-8-6-5-7-9-15/h14-15H,5-13H2,1-4H3,(H,17,20). The lowest BCUT2D eigenvalue weighted by molar-refractivity contribution is 0.149. The van der Waals surface area contributed by atoms with Crippen LogP contribution >= 0.6 is 0 Å². The molecule has 1 saturated carbocycles. The number of rotatable bonds is 8. The summed E-state index contributed by atoms with van der Waals surface area (Å²) >= 11 is 0. The van der Waals surface area contributed by atoms with Crippen LogP contribution in [0.4, 0.5) is 4.79 Å². The van der Waals surface area contributed by atoms with E-state index in [-0.39, 0.29) is 12.1 Å². The number of amides is 2. The molecule has 0 radical (unpaired) electrons. The Morgan fingerprint density at radius 3 is 2.48 bits per heavy atom. The highest BCUT2D eigenvalue weighted by atomic mass is 16.5. The summed E-state index contributed by atoms with van der Waals surface area (Å²) in [7, 11) is 5.75. The van der Waals surface area contributed by atoms with Gasteiger partial charge in [0.25, 0.3) is 0 Å². The van der Waals surface area contributed by atoms with Crippen molar-refractivity contribution in [1.82, 2.24) is 15.1 Å². The van der Waals surface area contributed by atoms with E-state index in [1.165, 1.54) is 32.1 Å². The van der Waals surface area contributed by atoms with Gasteiger partial charge in [0.1, 0.15) is 0 Å². The van der Waals surface area contributed by atoms with Gasteiger partial charge in [-0.3, -0.25) is 0 Å². The van der Waals surface area contributed by atoms with Gasteiger partial charge in [0.2, 0.25) is 0 Å². The first kappa shape index (κ1) is 18.2. The zero-order chi connectivity index (χ0) is 15.7. The summed E-state index contributed by atoms with van der Waals surface area (Å²) in [5, 5.41) is 3.04. The number of methoxy groups -OCH3 is 1. The third kappa shape index (κ3) is 7.67. The van der Waals surface area contributed by atoms with Gasteiger partial charge in [0, 0.05) is 26.7 Å². The van der Waals surface area contributed by atoms with Crippen molar-refractivity contribution in [3.8, 4) is 0 Å². The molecule has 1 fully saturated rings. The molecule has 1 N–H and O–H groups in total. The lowest BCUT2D eigenvalue weighted by Gasteiger charge is -2.31. The van der Waals surface area contributed by atoms with Gasteiger partial charge in [-0.25, -0.2) is 4.79 Å². The largest absolute Gasteiger partial charge is 0.383 e. The van der Waals surface area contributed by atoms with Crippen LogP contribution in [0.5, 0.6) is 0 Å². The van der Waals surface area contributed by atoms with Crippen molar-refractivity contribution in [1.29, 1.82) is 0 Å². The van der Waals surface area contributed by atoms with E-state index in [1.54, 1.807) is 7.11 Å². The molecule has 1 aliphatic carbocycles. The van der Waals surface area contributed by atoms with Gasteiger partial charge in [-0.1, -0.05) is 19.3 Å². The Morgan fingerprint density at radius 1 is 1.24 bits per heavy atom. The second-order valence-electron chi connectivity index (χ2n) is 6.56. The van der Waals surface area contributed by atoms with Gasteiger partial charge < -0.3 is 19.9 Å². The molecule has 0 aliphatic heterocycles. The topological polar surface area (TPSA) is 44.8 Å². The van der Waals surface area contributed by atoms with Gasteiger partial charge in [-0.2, -0.15) is 0 Å². The van der Waals surface area contributed by atoms with E-state index in [0.29, 0.717) is 12.5 Å². The summed E-state index contributed by atoms with van der Waals surface area (Å²) in [6.45, 7) is 5.11. The fourth-order valence-electron chi connectivity index (χ4n) is 2.87. The van der Waals surface area contributed by atoms with Gasteiger partial charge in [0.05, 0.1) is 12.6 Å². The second kappa shape index (κ2) is 10.0. The van der Waals surface area contributed by atoms with Crippen molar-refractivity contribution in [2.24, 2.45) is 5.92 Å². The number of hydrogen-bond donors (Lipinski definition) is 1. The zero-order valence-corrected chi connectivity index (χ0v) is 14.2. The maximum absolute atomic E-state index is 12.5. The van der Waals surface area contributed by atoms with E-state index in [2.05, 4.69) is 10.2 Å². The molecule has 0 bridgehead atoms. The molecule has 5 nitrogen and oxygen atoms in total. The number of ether oxygens (including phenoxy) is 1. The number of hydrogen-bond acceptors (Lipinski definition) is 3. The maximum Gasteiger partial charge on any atom is 0.317 e. The van der Waals surface area contributed by atoms with E-state index < -0.39 is 0 Å². The molecule has 5 heteroatoms. The van der Waals surface area contributed by atoms with E-state index in [4.69, 9.17) is 4.74 Å². The van der Waals surface area contributed by atoms with Gasteiger partial charge in [-0.15, -0.1) is 0 Å². The van der Waals surface area contributed by atoms with Crippen molar-refractivity contribution < 1.29 is 9.53 Å². The first-order chi connectivity index (χ1) is 10.0. The number of nitrogens with one attached hydrogen (secondary N) is 1. The molecule has 1 rings (SSSR count). The maximum atomic E-state index is 12.5. The minimum Gasteiger partial charge on any atom is -0.383 e. The molecule has 124 valence electrons. The van der Waals surface area contributed by atoms with Crippen molar-refractivity contribution in [2.75, 3.05) is 47.4 Å². The lowest BCUT2D eigenvalue weighted by Crippen LogP contribution is -2.48. The molecule has 1 atom stereocenters. The molecule has 0 spiro atoms. The van der Waals surface area contributed by atoms with E-state index >= 15 is 0 Å². The highest BCUT2D eigenvalue weighted by Crippen LogP contribution is 2.24. The monoisotopic (exact) mass is 299 g/mol.